The first kappa shape index (κ1) is 18.5. The van der Waals surface area contributed by atoms with Gasteiger partial charge in [0, 0.05) is 35.3 Å². The average Bonchev–Trinajstić information content (AvgIpc) is 3.38. The Morgan fingerprint density at radius 3 is 2.72 bits per heavy atom. The van der Waals surface area contributed by atoms with Gasteiger partial charge in [-0.2, -0.15) is 10.1 Å². The summed E-state index contributed by atoms with van der Waals surface area (Å²) in [7, 11) is 2.91. The van der Waals surface area contributed by atoms with Crippen LogP contribution in [0, 0.1) is 5.82 Å². The Labute approximate surface area is 165 Å². The van der Waals surface area contributed by atoms with Crippen LogP contribution in [0.3, 0.4) is 0 Å². The van der Waals surface area contributed by atoms with Crippen LogP contribution in [-0.4, -0.2) is 38.5 Å². The summed E-state index contributed by atoms with van der Waals surface area (Å²) in [6.45, 7) is 0.164. The zero-order chi connectivity index (χ0) is 20.4. The zero-order valence-corrected chi connectivity index (χ0v) is 15.8. The molecule has 0 saturated heterocycles. The smallest absolute Gasteiger partial charge is 0.334 e. The van der Waals surface area contributed by atoms with Gasteiger partial charge in [0.1, 0.15) is 5.82 Å². The molecule has 0 aliphatic rings. The SMILES string of the molecule is COc1nc(-n2ccn(Cc3cccc(F)c3OC)c2=O)ccc1-c1cn[nH]c1. The van der Waals surface area contributed by atoms with E-state index >= 15 is 0 Å². The second-order valence-corrected chi connectivity index (χ2v) is 6.22. The maximum Gasteiger partial charge on any atom is 0.334 e. The van der Waals surface area contributed by atoms with Crippen molar-refractivity contribution in [3.8, 4) is 28.6 Å². The van der Waals surface area contributed by atoms with Crippen LogP contribution in [0.2, 0.25) is 0 Å². The minimum atomic E-state index is -0.473. The summed E-state index contributed by atoms with van der Waals surface area (Å²) >= 11 is 0. The summed E-state index contributed by atoms with van der Waals surface area (Å²) in [5.74, 6) is 0.425. The van der Waals surface area contributed by atoms with Gasteiger partial charge in [0.05, 0.1) is 27.0 Å². The lowest BCUT2D eigenvalue weighted by Gasteiger charge is -2.10. The molecule has 0 unspecified atom stereocenters. The van der Waals surface area contributed by atoms with Crippen molar-refractivity contribution in [2.24, 2.45) is 0 Å². The Balaban J connectivity index is 1.69. The molecule has 29 heavy (non-hydrogen) atoms. The highest BCUT2D eigenvalue weighted by molar-refractivity contribution is 5.67. The second kappa shape index (κ2) is 7.63. The fourth-order valence-electron chi connectivity index (χ4n) is 3.14. The zero-order valence-electron chi connectivity index (χ0n) is 15.8. The van der Waals surface area contributed by atoms with E-state index in [1.807, 2.05) is 6.07 Å². The molecule has 4 aromatic rings. The van der Waals surface area contributed by atoms with E-state index in [-0.39, 0.29) is 18.0 Å². The third-order valence-electron chi connectivity index (χ3n) is 4.54. The first-order valence-electron chi connectivity index (χ1n) is 8.76. The maximum atomic E-state index is 13.9. The Morgan fingerprint density at radius 2 is 2.00 bits per heavy atom. The molecular weight excluding hydrogens is 377 g/mol. The number of para-hydroxylation sites is 1. The monoisotopic (exact) mass is 395 g/mol. The van der Waals surface area contributed by atoms with Crippen LogP contribution in [0.25, 0.3) is 16.9 Å². The number of benzene rings is 1. The van der Waals surface area contributed by atoms with E-state index in [0.29, 0.717) is 17.3 Å². The number of halogens is 1. The molecule has 148 valence electrons. The van der Waals surface area contributed by atoms with E-state index in [1.165, 1.54) is 29.4 Å². The minimum Gasteiger partial charge on any atom is -0.493 e. The van der Waals surface area contributed by atoms with Crippen molar-refractivity contribution in [1.82, 2.24) is 24.3 Å². The summed E-state index contributed by atoms with van der Waals surface area (Å²) in [6, 6.07) is 8.14. The van der Waals surface area contributed by atoms with Crippen LogP contribution in [0.5, 0.6) is 11.6 Å². The van der Waals surface area contributed by atoms with Gasteiger partial charge in [-0.25, -0.2) is 9.18 Å². The fraction of sp³-hybridized carbons (Fsp3) is 0.150. The van der Waals surface area contributed by atoms with Gasteiger partial charge < -0.3 is 9.47 Å². The third-order valence-corrected chi connectivity index (χ3v) is 4.54. The third kappa shape index (κ3) is 3.38. The molecule has 3 heterocycles. The molecular formula is C20H18FN5O3. The van der Waals surface area contributed by atoms with Crippen LogP contribution >= 0.6 is 0 Å². The van der Waals surface area contributed by atoms with Gasteiger partial charge in [-0.05, 0) is 18.2 Å². The second-order valence-electron chi connectivity index (χ2n) is 6.22. The normalized spacial score (nSPS) is 10.9. The summed E-state index contributed by atoms with van der Waals surface area (Å²) in [5, 5.41) is 6.67. The Kier molecular flexibility index (Phi) is 4.86. The number of hydrogen-bond acceptors (Lipinski definition) is 5. The van der Waals surface area contributed by atoms with Gasteiger partial charge in [0.15, 0.2) is 11.6 Å². The van der Waals surface area contributed by atoms with Crippen molar-refractivity contribution in [3.05, 3.63) is 77.0 Å². The van der Waals surface area contributed by atoms with Gasteiger partial charge in [-0.1, -0.05) is 12.1 Å². The molecule has 0 radical (unpaired) electrons. The first-order valence-corrected chi connectivity index (χ1v) is 8.76. The Morgan fingerprint density at radius 1 is 1.14 bits per heavy atom. The van der Waals surface area contributed by atoms with E-state index in [1.54, 1.807) is 43.0 Å². The fourth-order valence-corrected chi connectivity index (χ4v) is 3.14. The van der Waals surface area contributed by atoms with Gasteiger partial charge in [-0.15, -0.1) is 0 Å². The topological polar surface area (TPSA) is 87.0 Å². The van der Waals surface area contributed by atoms with Crippen molar-refractivity contribution < 1.29 is 13.9 Å². The molecule has 0 aliphatic heterocycles. The molecule has 3 aromatic heterocycles. The number of aromatic amines is 1. The van der Waals surface area contributed by atoms with Crippen molar-refractivity contribution in [1.29, 1.82) is 0 Å². The van der Waals surface area contributed by atoms with Crippen molar-refractivity contribution in [2.75, 3.05) is 14.2 Å². The van der Waals surface area contributed by atoms with Crippen LogP contribution in [-0.2, 0) is 6.54 Å². The number of rotatable bonds is 6. The number of imidazole rings is 1. The molecule has 0 aliphatic carbocycles. The predicted molar refractivity (Wildman–Crippen MR) is 104 cm³/mol. The van der Waals surface area contributed by atoms with Gasteiger partial charge >= 0.3 is 5.69 Å². The molecule has 0 atom stereocenters. The van der Waals surface area contributed by atoms with Crippen LogP contribution in [0.15, 0.2) is 59.9 Å². The molecule has 1 aromatic carbocycles. The van der Waals surface area contributed by atoms with E-state index in [4.69, 9.17) is 9.47 Å². The van der Waals surface area contributed by atoms with E-state index < -0.39 is 5.82 Å². The summed E-state index contributed by atoms with van der Waals surface area (Å²) in [4.78, 5) is 17.3. The highest BCUT2D eigenvalue weighted by Gasteiger charge is 2.15. The number of nitrogens with one attached hydrogen (secondary N) is 1. The molecule has 1 N–H and O–H groups in total. The molecule has 9 heteroatoms. The summed E-state index contributed by atoms with van der Waals surface area (Å²) in [5.41, 5.74) is 1.82. The van der Waals surface area contributed by atoms with E-state index in [9.17, 15) is 9.18 Å². The minimum absolute atomic E-state index is 0.122. The number of methoxy groups -OCH3 is 2. The first-order chi connectivity index (χ1) is 14.1. The molecule has 0 spiro atoms. The number of nitrogens with zero attached hydrogens (tertiary/aromatic N) is 4. The Hall–Kier alpha value is -3.88. The number of H-pyrrole nitrogens is 1. The number of aromatic nitrogens is 5. The lowest BCUT2D eigenvalue weighted by atomic mass is 10.1. The number of hydrogen-bond donors (Lipinski definition) is 1. The highest BCUT2D eigenvalue weighted by Crippen LogP contribution is 2.28. The highest BCUT2D eigenvalue weighted by atomic mass is 19.1. The lowest BCUT2D eigenvalue weighted by molar-refractivity contribution is 0.380. The summed E-state index contributed by atoms with van der Waals surface area (Å²) in [6.07, 6.45) is 6.61. The standard InChI is InChI=1S/C20H18FN5O3/c1-28-18-13(4-3-5-16(18)21)12-25-8-9-26(20(25)27)17-7-6-15(19(24-17)29-2)14-10-22-23-11-14/h3-11H,12H2,1-2H3,(H,22,23). The number of pyridine rings is 1. The van der Waals surface area contributed by atoms with Crippen molar-refractivity contribution in [2.45, 2.75) is 6.54 Å². The van der Waals surface area contributed by atoms with E-state index in [2.05, 4.69) is 15.2 Å². The van der Waals surface area contributed by atoms with Crippen LogP contribution < -0.4 is 15.2 Å². The molecule has 0 fully saturated rings. The number of ether oxygens (including phenoxy) is 2. The largest absolute Gasteiger partial charge is 0.493 e. The molecule has 8 nitrogen and oxygen atoms in total. The molecule has 0 bridgehead atoms. The van der Waals surface area contributed by atoms with E-state index in [0.717, 1.165) is 11.1 Å². The van der Waals surface area contributed by atoms with Gasteiger partial charge in [0.2, 0.25) is 5.88 Å². The maximum absolute atomic E-state index is 13.9. The molecule has 4 rings (SSSR count). The van der Waals surface area contributed by atoms with Gasteiger partial charge in [0.25, 0.3) is 0 Å². The van der Waals surface area contributed by atoms with Crippen LogP contribution in [0.1, 0.15) is 5.56 Å². The van der Waals surface area contributed by atoms with Crippen molar-refractivity contribution >= 4 is 0 Å². The summed E-state index contributed by atoms with van der Waals surface area (Å²) < 4.78 is 27.3. The molecule has 0 saturated carbocycles. The van der Waals surface area contributed by atoms with Crippen LogP contribution in [0.4, 0.5) is 4.39 Å². The van der Waals surface area contributed by atoms with Gasteiger partial charge in [-0.3, -0.25) is 14.2 Å². The molecule has 0 amide bonds. The predicted octanol–water partition coefficient (Wildman–Crippen LogP) is 2.63. The van der Waals surface area contributed by atoms with Crippen molar-refractivity contribution in [3.63, 3.8) is 0 Å². The Bertz CT molecular complexity index is 1200. The lowest BCUT2D eigenvalue weighted by Crippen LogP contribution is -2.24. The quantitative estimate of drug-likeness (QED) is 0.542. The average molecular weight is 395 g/mol.